The summed E-state index contributed by atoms with van der Waals surface area (Å²) in [5.41, 5.74) is 1.44. The summed E-state index contributed by atoms with van der Waals surface area (Å²) in [7, 11) is 0. The van der Waals surface area contributed by atoms with Gasteiger partial charge in [-0.3, -0.25) is 0 Å². The molecule has 1 aromatic carbocycles. The monoisotopic (exact) mass is 186 g/mol. The first kappa shape index (κ1) is 10.1. The van der Waals surface area contributed by atoms with Crippen molar-refractivity contribution in [2.24, 2.45) is 0 Å². The first-order valence-electron chi connectivity index (χ1n) is 4.03. The topological polar surface area (TPSA) is 20.2 Å². The van der Waals surface area contributed by atoms with E-state index >= 15 is 0 Å². The molecule has 0 spiro atoms. The van der Waals surface area contributed by atoms with Crippen LogP contribution in [-0.2, 0) is 5.92 Å². The third-order valence-electron chi connectivity index (χ3n) is 1.84. The Morgan fingerprint density at radius 3 is 2.00 bits per heavy atom. The van der Waals surface area contributed by atoms with Crippen LogP contribution < -0.4 is 0 Å². The van der Waals surface area contributed by atoms with E-state index in [9.17, 15) is 8.78 Å². The predicted octanol–water partition coefficient (Wildman–Crippen LogP) is 2.39. The molecule has 0 unspecified atom stereocenters. The van der Waals surface area contributed by atoms with Crippen molar-refractivity contribution in [3.05, 3.63) is 34.9 Å². The van der Waals surface area contributed by atoms with Crippen molar-refractivity contribution in [3.8, 4) is 0 Å². The zero-order valence-corrected chi connectivity index (χ0v) is 7.64. The second kappa shape index (κ2) is 3.42. The Morgan fingerprint density at radius 2 is 1.62 bits per heavy atom. The number of halogens is 2. The summed E-state index contributed by atoms with van der Waals surface area (Å²) in [5, 5.41) is 8.48. The lowest BCUT2D eigenvalue weighted by molar-refractivity contribution is -0.0557. The van der Waals surface area contributed by atoms with Crippen molar-refractivity contribution < 1.29 is 13.9 Å². The smallest absolute Gasteiger partial charge is 0.295 e. The van der Waals surface area contributed by atoms with Gasteiger partial charge in [-0.2, -0.15) is 8.78 Å². The molecule has 0 fully saturated rings. The molecule has 0 radical (unpaired) electrons. The van der Waals surface area contributed by atoms with Gasteiger partial charge in [-0.05, 0) is 13.8 Å². The summed E-state index contributed by atoms with van der Waals surface area (Å²) in [4.78, 5) is 0. The third-order valence-corrected chi connectivity index (χ3v) is 1.84. The number of benzene rings is 1. The Labute approximate surface area is 76.0 Å². The van der Waals surface area contributed by atoms with Gasteiger partial charge in [0.2, 0.25) is 0 Å². The van der Waals surface area contributed by atoms with Crippen LogP contribution in [0.1, 0.15) is 16.7 Å². The van der Waals surface area contributed by atoms with E-state index < -0.39 is 12.5 Å². The van der Waals surface area contributed by atoms with E-state index in [0.29, 0.717) is 0 Å². The van der Waals surface area contributed by atoms with Gasteiger partial charge in [-0.1, -0.05) is 29.3 Å². The predicted molar refractivity (Wildman–Crippen MR) is 46.9 cm³/mol. The van der Waals surface area contributed by atoms with E-state index in [1.54, 1.807) is 13.8 Å². The third kappa shape index (κ3) is 2.25. The zero-order valence-electron chi connectivity index (χ0n) is 7.64. The summed E-state index contributed by atoms with van der Waals surface area (Å²) in [6.07, 6.45) is 0. The number of aliphatic hydroxyl groups is 1. The molecule has 0 heterocycles. The largest absolute Gasteiger partial charge is 0.390 e. The number of rotatable bonds is 2. The van der Waals surface area contributed by atoms with Crippen molar-refractivity contribution in [2.75, 3.05) is 6.61 Å². The standard InChI is InChI=1S/C10H12F2O/c1-7-3-8(2)5-9(4-7)10(11,12)6-13/h3-5,13H,6H2,1-2H3. The SMILES string of the molecule is Cc1cc(C)cc(C(F)(F)CO)c1. The molecule has 0 aliphatic carbocycles. The van der Waals surface area contributed by atoms with Gasteiger partial charge in [0, 0.05) is 5.56 Å². The van der Waals surface area contributed by atoms with Crippen LogP contribution in [0.2, 0.25) is 0 Å². The van der Waals surface area contributed by atoms with Gasteiger partial charge in [0.05, 0.1) is 0 Å². The van der Waals surface area contributed by atoms with Crippen LogP contribution in [0, 0.1) is 13.8 Å². The lowest BCUT2D eigenvalue weighted by Gasteiger charge is -2.14. The van der Waals surface area contributed by atoms with Crippen LogP contribution in [0.25, 0.3) is 0 Å². The van der Waals surface area contributed by atoms with E-state index in [4.69, 9.17) is 5.11 Å². The summed E-state index contributed by atoms with van der Waals surface area (Å²) in [6.45, 7) is 2.36. The quantitative estimate of drug-likeness (QED) is 0.751. The Hall–Kier alpha value is -0.960. The molecule has 0 bridgehead atoms. The van der Waals surface area contributed by atoms with Crippen LogP contribution in [0.5, 0.6) is 0 Å². The van der Waals surface area contributed by atoms with E-state index in [-0.39, 0.29) is 5.56 Å². The molecule has 0 saturated carbocycles. The summed E-state index contributed by atoms with van der Waals surface area (Å²) >= 11 is 0. The minimum Gasteiger partial charge on any atom is -0.390 e. The molecule has 0 atom stereocenters. The molecular weight excluding hydrogens is 174 g/mol. The Balaban J connectivity index is 3.15. The van der Waals surface area contributed by atoms with Gasteiger partial charge in [0.25, 0.3) is 5.92 Å². The highest BCUT2D eigenvalue weighted by molar-refractivity contribution is 5.31. The van der Waals surface area contributed by atoms with Gasteiger partial charge in [-0.25, -0.2) is 0 Å². The summed E-state index contributed by atoms with van der Waals surface area (Å²) in [5.74, 6) is -3.13. The van der Waals surface area contributed by atoms with E-state index in [2.05, 4.69) is 0 Å². The maximum atomic E-state index is 13.0. The molecule has 1 aromatic rings. The average Bonchev–Trinajstić information content (AvgIpc) is 2.02. The van der Waals surface area contributed by atoms with Crippen LogP contribution in [0.15, 0.2) is 18.2 Å². The molecule has 0 aromatic heterocycles. The Kier molecular flexibility index (Phi) is 2.66. The minimum absolute atomic E-state index is 0.118. The van der Waals surface area contributed by atoms with Gasteiger partial charge in [0.15, 0.2) is 0 Å². The van der Waals surface area contributed by atoms with Crippen molar-refractivity contribution in [1.29, 1.82) is 0 Å². The first-order valence-corrected chi connectivity index (χ1v) is 4.03. The lowest BCUT2D eigenvalue weighted by atomic mass is 10.0. The molecule has 72 valence electrons. The summed E-state index contributed by atoms with van der Waals surface area (Å²) in [6, 6.07) is 4.60. The van der Waals surface area contributed by atoms with Crippen molar-refractivity contribution >= 4 is 0 Å². The molecule has 1 nitrogen and oxygen atoms in total. The Morgan fingerprint density at radius 1 is 1.15 bits per heavy atom. The number of hydrogen-bond acceptors (Lipinski definition) is 1. The highest BCUT2D eigenvalue weighted by atomic mass is 19.3. The van der Waals surface area contributed by atoms with Crippen LogP contribution in [-0.4, -0.2) is 11.7 Å². The maximum absolute atomic E-state index is 13.0. The number of aryl methyl sites for hydroxylation is 2. The number of alkyl halides is 2. The van der Waals surface area contributed by atoms with Crippen LogP contribution >= 0.6 is 0 Å². The highest BCUT2D eigenvalue weighted by Crippen LogP contribution is 2.28. The fourth-order valence-corrected chi connectivity index (χ4v) is 1.28. The molecule has 0 aliphatic rings. The number of aliphatic hydroxyl groups excluding tert-OH is 1. The van der Waals surface area contributed by atoms with Crippen molar-refractivity contribution in [3.63, 3.8) is 0 Å². The van der Waals surface area contributed by atoms with E-state index in [1.165, 1.54) is 12.1 Å². The lowest BCUT2D eigenvalue weighted by Crippen LogP contribution is -2.18. The maximum Gasteiger partial charge on any atom is 0.295 e. The molecule has 1 rings (SSSR count). The number of hydrogen-bond donors (Lipinski definition) is 1. The van der Waals surface area contributed by atoms with Gasteiger partial charge < -0.3 is 5.11 Å². The minimum atomic E-state index is -3.13. The van der Waals surface area contributed by atoms with Crippen LogP contribution in [0.3, 0.4) is 0 Å². The van der Waals surface area contributed by atoms with E-state index in [0.717, 1.165) is 11.1 Å². The molecular formula is C10H12F2O. The molecule has 1 N–H and O–H groups in total. The summed E-state index contributed by atoms with van der Waals surface area (Å²) < 4.78 is 26.0. The molecule has 0 saturated heterocycles. The second-order valence-corrected chi connectivity index (χ2v) is 3.24. The van der Waals surface area contributed by atoms with Gasteiger partial charge in [0.1, 0.15) is 6.61 Å². The van der Waals surface area contributed by atoms with Gasteiger partial charge >= 0.3 is 0 Å². The molecule has 3 heteroatoms. The first-order chi connectivity index (χ1) is 5.95. The fraction of sp³-hybridized carbons (Fsp3) is 0.400. The molecule has 13 heavy (non-hydrogen) atoms. The van der Waals surface area contributed by atoms with Gasteiger partial charge in [-0.15, -0.1) is 0 Å². The van der Waals surface area contributed by atoms with Crippen LogP contribution in [0.4, 0.5) is 8.78 Å². The molecule has 0 aliphatic heterocycles. The second-order valence-electron chi connectivity index (χ2n) is 3.24. The fourth-order valence-electron chi connectivity index (χ4n) is 1.28. The normalized spacial score (nSPS) is 11.8. The Bertz CT molecular complexity index is 288. The molecule has 0 amide bonds. The highest BCUT2D eigenvalue weighted by Gasteiger charge is 2.30. The van der Waals surface area contributed by atoms with Crippen molar-refractivity contribution in [1.82, 2.24) is 0 Å². The van der Waals surface area contributed by atoms with Crippen molar-refractivity contribution in [2.45, 2.75) is 19.8 Å². The van der Waals surface area contributed by atoms with E-state index in [1.807, 2.05) is 6.07 Å². The zero-order chi connectivity index (χ0) is 10.1. The average molecular weight is 186 g/mol.